The first-order valence-corrected chi connectivity index (χ1v) is 7.07. The van der Waals surface area contributed by atoms with Crippen LogP contribution in [0.25, 0.3) is 6.08 Å². The Morgan fingerprint density at radius 3 is 2.67 bits per heavy atom. The normalized spacial score (nSPS) is 13.4. The summed E-state index contributed by atoms with van der Waals surface area (Å²) in [6.45, 7) is 4.86. The third-order valence-electron chi connectivity index (χ3n) is 3.93. The summed E-state index contributed by atoms with van der Waals surface area (Å²) in [5.74, 6) is 0.718. The van der Waals surface area contributed by atoms with E-state index in [9.17, 15) is 4.79 Å². The van der Waals surface area contributed by atoms with Crippen molar-refractivity contribution in [3.63, 3.8) is 0 Å². The maximum atomic E-state index is 12.2. The fraction of sp³-hybridized carbons (Fsp3) is 0.438. The molecule has 1 aromatic rings. The van der Waals surface area contributed by atoms with Crippen LogP contribution in [0.4, 0.5) is 0 Å². The van der Waals surface area contributed by atoms with Crippen LogP contribution in [0.15, 0.2) is 29.8 Å². The van der Waals surface area contributed by atoms with Crippen molar-refractivity contribution < 1.29 is 9.53 Å². The summed E-state index contributed by atoms with van der Waals surface area (Å²) in [5.41, 5.74) is 7.43. The number of rotatable bonds is 5. The summed E-state index contributed by atoms with van der Waals surface area (Å²) in [6, 6.07) is 7.69. The third kappa shape index (κ3) is 4.22. The minimum Gasteiger partial charge on any atom is -0.488 e. The summed E-state index contributed by atoms with van der Waals surface area (Å²) in [7, 11) is 0. The average Bonchev–Trinajstić information content (AvgIpc) is 2.51. The Bertz CT molecular complexity index is 525. The Hall–Kier alpha value is -1.52. The highest BCUT2D eigenvalue weighted by molar-refractivity contribution is 5.99. The number of halogens is 1. The lowest BCUT2D eigenvalue weighted by atomic mass is 9.94. The molecule has 0 saturated heterocycles. The van der Waals surface area contributed by atoms with Gasteiger partial charge in [0, 0.05) is 17.6 Å². The third-order valence-corrected chi connectivity index (χ3v) is 3.93. The Kier molecular flexibility index (Phi) is 6.24. The molecular weight excluding hydrogens is 288 g/mol. The molecule has 5 heteroatoms. The predicted molar refractivity (Wildman–Crippen MR) is 87.7 cm³/mol. The highest BCUT2D eigenvalue weighted by Gasteiger charge is 2.23. The molecule has 0 fully saturated rings. The molecule has 3 N–H and O–H groups in total. The van der Waals surface area contributed by atoms with Gasteiger partial charge in [-0.25, -0.2) is 0 Å². The van der Waals surface area contributed by atoms with E-state index in [-0.39, 0.29) is 23.9 Å². The van der Waals surface area contributed by atoms with Gasteiger partial charge in [-0.1, -0.05) is 32.0 Å². The molecule has 1 aromatic carbocycles. The molecule has 4 nitrogen and oxygen atoms in total. The van der Waals surface area contributed by atoms with Crippen LogP contribution >= 0.6 is 12.4 Å². The number of carbonyl (C=O) groups is 1. The minimum atomic E-state index is -0.330. The van der Waals surface area contributed by atoms with Crippen molar-refractivity contribution in [2.45, 2.75) is 32.2 Å². The summed E-state index contributed by atoms with van der Waals surface area (Å²) in [5, 5.41) is 2.91. The fourth-order valence-corrected chi connectivity index (χ4v) is 2.12. The van der Waals surface area contributed by atoms with Gasteiger partial charge in [-0.3, -0.25) is 4.79 Å². The maximum absolute atomic E-state index is 12.2. The van der Waals surface area contributed by atoms with Crippen molar-refractivity contribution in [2.24, 2.45) is 5.73 Å². The van der Waals surface area contributed by atoms with Gasteiger partial charge in [0.1, 0.15) is 12.4 Å². The number of ether oxygens (including phenoxy) is 1. The zero-order valence-corrected chi connectivity index (χ0v) is 13.3. The first kappa shape index (κ1) is 17.5. The molecule has 1 amide bonds. The molecule has 1 aliphatic rings. The molecule has 2 rings (SSSR count). The Labute approximate surface area is 132 Å². The Balaban J connectivity index is 0.00000220. The molecular formula is C16H23ClN2O2. The zero-order chi connectivity index (χ0) is 14.6. The molecule has 0 aromatic heterocycles. The van der Waals surface area contributed by atoms with Gasteiger partial charge in [0.05, 0.1) is 5.57 Å². The van der Waals surface area contributed by atoms with Gasteiger partial charge in [-0.05, 0) is 25.0 Å². The largest absolute Gasteiger partial charge is 0.488 e. The molecule has 0 unspecified atom stereocenters. The lowest BCUT2D eigenvalue weighted by molar-refractivity contribution is -0.118. The summed E-state index contributed by atoms with van der Waals surface area (Å²) >= 11 is 0. The van der Waals surface area contributed by atoms with Gasteiger partial charge < -0.3 is 15.8 Å². The van der Waals surface area contributed by atoms with E-state index in [2.05, 4.69) is 5.32 Å². The van der Waals surface area contributed by atoms with Crippen molar-refractivity contribution >= 4 is 24.4 Å². The number of carbonyl (C=O) groups excluding carboxylic acids is 1. The molecule has 1 heterocycles. The minimum absolute atomic E-state index is 0. The first-order chi connectivity index (χ1) is 9.58. The first-order valence-electron chi connectivity index (χ1n) is 7.07. The van der Waals surface area contributed by atoms with Crippen LogP contribution < -0.4 is 15.8 Å². The number of fused-ring (bicyclic) bond motifs is 1. The number of amides is 1. The van der Waals surface area contributed by atoms with Crippen LogP contribution in [0.3, 0.4) is 0 Å². The molecule has 0 saturated carbocycles. The molecule has 0 radical (unpaired) electrons. The number of hydrogen-bond acceptors (Lipinski definition) is 3. The van der Waals surface area contributed by atoms with Gasteiger partial charge in [-0.2, -0.15) is 0 Å². The van der Waals surface area contributed by atoms with E-state index in [1.165, 1.54) is 0 Å². The SMILES string of the molecule is CCC(N)(CC)CNC(=O)C1=Cc2ccccc2OC1.Cl. The lowest BCUT2D eigenvalue weighted by Gasteiger charge is -2.27. The second kappa shape index (κ2) is 7.48. The fourth-order valence-electron chi connectivity index (χ4n) is 2.12. The van der Waals surface area contributed by atoms with Crippen LogP contribution in [0.1, 0.15) is 32.3 Å². The molecule has 1 aliphatic heterocycles. The van der Waals surface area contributed by atoms with E-state index in [4.69, 9.17) is 10.5 Å². The van der Waals surface area contributed by atoms with Gasteiger partial charge >= 0.3 is 0 Å². The van der Waals surface area contributed by atoms with E-state index in [0.717, 1.165) is 24.2 Å². The van der Waals surface area contributed by atoms with Crippen LogP contribution in [0, 0.1) is 0 Å². The van der Waals surface area contributed by atoms with Gasteiger partial charge in [0.2, 0.25) is 0 Å². The molecule has 0 bridgehead atoms. The molecule has 0 aliphatic carbocycles. The highest BCUT2D eigenvalue weighted by atomic mass is 35.5. The van der Waals surface area contributed by atoms with Crippen LogP contribution in [0.2, 0.25) is 0 Å². The summed E-state index contributed by atoms with van der Waals surface area (Å²) in [4.78, 5) is 12.2. The van der Waals surface area contributed by atoms with Gasteiger partial charge in [0.15, 0.2) is 0 Å². The van der Waals surface area contributed by atoms with Crippen LogP contribution in [-0.2, 0) is 4.79 Å². The predicted octanol–water partition coefficient (Wildman–Crippen LogP) is 2.52. The second-order valence-corrected chi connectivity index (χ2v) is 5.25. The Morgan fingerprint density at radius 2 is 2.00 bits per heavy atom. The Morgan fingerprint density at radius 1 is 1.33 bits per heavy atom. The van der Waals surface area contributed by atoms with Gasteiger partial charge in [-0.15, -0.1) is 12.4 Å². The number of nitrogens with two attached hydrogens (primary N) is 1. The number of hydrogen-bond donors (Lipinski definition) is 2. The topological polar surface area (TPSA) is 64.3 Å². The van der Waals surface area contributed by atoms with Crippen molar-refractivity contribution in [2.75, 3.05) is 13.2 Å². The quantitative estimate of drug-likeness (QED) is 0.878. The zero-order valence-electron chi connectivity index (χ0n) is 12.5. The number of benzene rings is 1. The summed E-state index contributed by atoms with van der Waals surface area (Å²) in [6.07, 6.45) is 3.55. The van der Waals surface area contributed by atoms with Gasteiger partial charge in [0.25, 0.3) is 5.91 Å². The average molecular weight is 311 g/mol. The number of nitrogens with one attached hydrogen (secondary N) is 1. The van der Waals surface area contributed by atoms with E-state index in [0.29, 0.717) is 18.7 Å². The lowest BCUT2D eigenvalue weighted by Crippen LogP contribution is -2.49. The monoisotopic (exact) mass is 310 g/mol. The van der Waals surface area contributed by atoms with Crippen molar-refractivity contribution in [1.29, 1.82) is 0 Å². The second-order valence-electron chi connectivity index (χ2n) is 5.25. The standard InChI is InChI=1S/C16H22N2O2.ClH/c1-3-16(17,4-2)11-18-15(19)13-9-12-7-5-6-8-14(12)20-10-13;/h5-9H,3-4,10-11,17H2,1-2H3,(H,18,19);1H. The number of para-hydroxylation sites is 1. The molecule has 0 spiro atoms. The van der Waals surface area contributed by atoms with Crippen LogP contribution in [-0.4, -0.2) is 24.6 Å². The van der Waals surface area contributed by atoms with Crippen LogP contribution in [0.5, 0.6) is 5.75 Å². The van der Waals surface area contributed by atoms with Crippen molar-refractivity contribution in [3.05, 3.63) is 35.4 Å². The van der Waals surface area contributed by atoms with E-state index >= 15 is 0 Å². The van der Waals surface area contributed by atoms with Crippen molar-refractivity contribution in [3.8, 4) is 5.75 Å². The molecule has 116 valence electrons. The summed E-state index contributed by atoms with van der Waals surface area (Å²) < 4.78 is 5.58. The molecule has 21 heavy (non-hydrogen) atoms. The molecule has 0 atom stereocenters. The maximum Gasteiger partial charge on any atom is 0.250 e. The van der Waals surface area contributed by atoms with E-state index in [1.807, 2.05) is 44.2 Å². The highest BCUT2D eigenvalue weighted by Crippen LogP contribution is 2.25. The van der Waals surface area contributed by atoms with E-state index < -0.39 is 0 Å². The smallest absolute Gasteiger partial charge is 0.250 e. The van der Waals surface area contributed by atoms with E-state index in [1.54, 1.807) is 0 Å². The van der Waals surface area contributed by atoms with Crippen molar-refractivity contribution in [1.82, 2.24) is 5.32 Å².